The first-order chi connectivity index (χ1) is 13.0. The molecule has 2 fully saturated rings. The first-order valence-electron chi connectivity index (χ1n) is 9.91. The minimum absolute atomic E-state index is 0.0360. The quantitative estimate of drug-likeness (QED) is 0.862. The first-order valence-corrected chi connectivity index (χ1v) is 9.91. The van der Waals surface area contributed by atoms with Gasteiger partial charge in [0.25, 0.3) is 0 Å². The summed E-state index contributed by atoms with van der Waals surface area (Å²) in [5, 5.41) is 3.11. The first kappa shape index (κ1) is 19.7. The van der Waals surface area contributed by atoms with Crippen molar-refractivity contribution in [3.8, 4) is 0 Å². The van der Waals surface area contributed by atoms with Crippen molar-refractivity contribution >= 4 is 11.9 Å². The Morgan fingerprint density at radius 3 is 2.74 bits per heavy atom. The SMILES string of the molecule is COC1(C)CCCN(C(=O)NC2CCN(C(=O)CCc3ccccc3)C2)C1. The fourth-order valence-electron chi connectivity index (χ4n) is 3.97. The average Bonchev–Trinajstić information content (AvgIpc) is 3.15. The third kappa shape index (κ3) is 5.22. The highest BCUT2D eigenvalue weighted by Crippen LogP contribution is 2.24. The Hall–Kier alpha value is -2.08. The maximum absolute atomic E-state index is 12.6. The molecule has 3 amide bonds. The van der Waals surface area contributed by atoms with Crippen LogP contribution in [0.5, 0.6) is 0 Å². The van der Waals surface area contributed by atoms with Crippen molar-refractivity contribution < 1.29 is 14.3 Å². The summed E-state index contributed by atoms with van der Waals surface area (Å²) < 4.78 is 5.57. The average molecular weight is 373 g/mol. The number of nitrogens with one attached hydrogen (secondary N) is 1. The van der Waals surface area contributed by atoms with Crippen molar-refractivity contribution in [3.63, 3.8) is 0 Å². The molecule has 2 atom stereocenters. The maximum atomic E-state index is 12.6. The highest BCUT2D eigenvalue weighted by atomic mass is 16.5. The molecule has 2 aliphatic rings. The van der Waals surface area contributed by atoms with E-state index < -0.39 is 0 Å². The van der Waals surface area contributed by atoms with Crippen LogP contribution in [0, 0.1) is 0 Å². The molecule has 2 aliphatic heterocycles. The molecule has 3 rings (SSSR count). The molecule has 0 saturated carbocycles. The number of nitrogens with zero attached hydrogens (tertiary/aromatic N) is 2. The molecular formula is C21H31N3O3. The molecule has 27 heavy (non-hydrogen) atoms. The monoisotopic (exact) mass is 373 g/mol. The molecule has 1 aromatic carbocycles. The summed E-state index contributed by atoms with van der Waals surface area (Å²) in [4.78, 5) is 28.8. The summed E-state index contributed by atoms with van der Waals surface area (Å²) in [6, 6.07) is 10.1. The van der Waals surface area contributed by atoms with E-state index in [4.69, 9.17) is 4.74 Å². The number of benzene rings is 1. The highest BCUT2D eigenvalue weighted by Gasteiger charge is 2.34. The highest BCUT2D eigenvalue weighted by molar-refractivity contribution is 5.78. The van der Waals surface area contributed by atoms with Crippen molar-refractivity contribution in [2.75, 3.05) is 33.3 Å². The number of urea groups is 1. The number of aryl methyl sites for hydroxylation is 1. The molecule has 0 aliphatic carbocycles. The molecular weight excluding hydrogens is 342 g/mol. The van der Waals surface area contributed by atoms with Gasteiger partial charge in [0.2, 0.25) is 5.91 Å². The van der Waals surface area contributed by atoms with Gasteiger partial charge in [0.1, 0.15) is 0 Å². The topological polar surface area (TPSA) is 61.9 Å². The summed E-state index contributed by atoms with van der Waals surface area (Å²) in [7, 11) is 1.71. The fourth-order valence-corrected chi connectivity index (χ4v) is 3.97. The lowest BCUT2D eigenvalue weighted by Gasteiger charge is -2.39. The van der Waals surface area contributed by atoms with Crippen LogP contribution in [0.15, 0.2) is 30.3 Å². The van der Waals surface area contributed by atoms with E-state index in [1.165, 1.54) is 5.56 Å². The standard InChI is InChI=1S/C21H31N3O3/c1-21(27-2)12-6-13-24(16-21)20(26)22-18-11-14-23(15-18)19(25)10-9-17-7-4-3-5-8-17/h3-5,7-8,18H,6,9-16H2,1-2H3,(H,22,26). The molecule has 2 unspecified atom stereocenters. The van der Waals surface area contributed by atoms with E-state index in [-0.39, 0.29) is 23.6 Å². The molecule has 1 N–H and O–H groups in total. The van der Waals surface area contributed by atoms with Crippen LogP contribution >= 0.6 is 0 Å². The lowest BCUT2D eigenvalue weighted by atomic mass is 9.95. The molecule has 6 nitrogen and oxygen atoms in total. The van der Waals surface area contributed by atoms with E-state index in [1.807, 2.05) is 40.1 Å². The van der Waals surface area contributed by atoms with Crippen molar-refractivity contribution in [2.24, 2.45) is 0 Å². The number of hydrogen-bond acceptors (Lipinski definition) is 3. The smallest absolute Gasteiger partial charge is 0.317 e. The Kier molecular flexibility index (Phi) is 6.37. The second kappa shape index (κ2) is 8.74. The molecule has 148 valence electrons. The summed E-state index contributed by atoms with van der Waals surface area (Å²) in [6.45, 7) is 4.75. The van der Waals surface area contributed by atoms with Gasteiger partial charge < -0.3 is 19.9 Å². The number of methoxy groups -OCH3 is 1. The van der Waals surface area contributed by atoms with Crippen molar-refractivity contribution in [2.45, 2.75) is 50.7 Å². The van der Waals surface area contributed by atoms with Gasteiger partial charge in [0.05, 0.1) is 12.1 Å². The van der Waals surface area contributed by atoms with E-state index in [1.54, 1.807) is 7.11 Å². The third-order valence-corrected chi connectivity index (χ3v) is 5.78. The molecule has 0 bridgehead atoms. The second-order valence-corrected chi connectivity index (χ2v) is 7.94. The number of carbonyl (C=O) groups excluding carboxylic acids is 2. The molecule has 6 heteroatoms. The van der Waals surface area contributed by atoms with Crippen LogP contribution in [0.2, 0.25) is 0 Å². The van der Waals surface area contributed by atoms with Gasteiger partial charge in [0.15, 0.2) is 0 Å². The van der Waals surface area contributed by atoms with Gasteiger partial charge >= 0.3 is 6.03 Å². The van der Waals surface area contributed by atoms with Crippen molar-refractivity contribution in [1.29, 1.82) is 0 Å². The van der Waals surface area contributed by atoms with Crippen LogP contribution in [-0.2, 0) is 16.0 Å². The van der Waals surface area contributed by atoms with Gasteiger partial charge in [-0.25, -0.2) is 4.79 Å². The van der Waals surface area contributed by atoms with Gasteiger partial charge in [-0.2, -0.15) is 0 Å². The third-order valence-electron chi connectivity index (χ3n) is 5.78. The van der Waals surface area contributed by atoms with Gasteiger partial charge in [-0.3, -0.25) is 4.79 Å². The van der Waals surface area contributed by atoms with Gasteiger partial charge in [-0.15, -0.1) is 0 Å². The van der Waals surface area contributed by atoms with Crippen LogP contribution in [0.1, 0.15) is 38.2 Å². The zero-order chi connectivity index (χ0) is 19.3. The maximum Gasteiger partial charge on any atom is 0.317 e. The van der Waals surface area contributed by atoms with Crippen LogP contribution in [-0.4, -0.2) is 66.7 Å². The predicted octanol–water partition coefficient (Wildman–Crippen LogP) is 2.43. The van der Waals surface area contributed by atoms with Crippen molar-refractivity contribution in [1.82, 2.24) is 15.1 Å². The van der Waals surface area contributed by atoms with Crippen LogP contribution in [0.3, 0.4) is 0 Å². The fraction of sp³-hybridized carbons (Fsp3) is 0.619. The van der Waals surface area contributed by atoms with Gasteiger partial charge in [-0.1, -0.05) is 30.3 Å². The number of likely N-dealkylation sites (tertiary alicyclic amines) is 2. The number of amides is 3. The lowest BCUT2D eigenvalue weighted by Crippen LogP contribution is -2.54. The summed E-state index contributed by atoms with van der Waals surface area (Å²) in [5.74, 6) is 0.167. The largest absolute Gasteiger partial charge is 0.377 e. The zero-order valence-corrected chi connectivity index (χ0v) is 16.4. The van der Waals surface area contributed by atoms with Gasteiger partial charge in [-0.05, 0) is 38.2 Å². The summed E-state index contributed by atoms with van der Waals surface area (Å²) in [6.07, 6.45) is 4.02. The van der Waals surface area contributed by atoms with Crippen LogP contribution < -0.4 is 5.32 Å². The minimum atomic E-state index is -0.259. The van der Waals surface area contributed by atoms with E-state index in [2.05, 4.69) is 12.2 Å². The summed E-state index contributed by atoms with van der Waals surface area (Å²) >= 11 is 0. The Morgan fingerprint density at radius 2 is 2.00 bits per heavy atom. The number of piperidine rings is 1. The lowest BCUT2D eigenvalue weighted by molar-refractivity contribution is -0.130. The molecule has 0 aromatic heterocycles. The Balaban J connectivity index is 1.43. The van der Waals surface area contributed by atoms with Crippen LogP contribution in [0.4, 0.5) is 4.79 Å². The summed E-state index contributed by atoms with van der Waals surface area (Å²) in [5.41, 5.74) is 0.922. The molecule has 0 spiro atoms. The van der Waals surface area contributed by atoms with E-state index in [0.717, 1.165) is 32.2 Å². The van der Waals surface area contributed by atoms with Gasteiger partial charge in [0, 0.05) is 39.2 Å². The molecule has 2 saturated heterocycles. The second-order valence-electron chi connectivity index (χ2n) is 7.94. The van der Waals surface area contributed by atoms with E-state index in [0.29, 0.717) is 26.1 Å². The van der Waals surface area contributed by atoms with Crippen molar-refractivity contribution in [3.05, 3.63) is 35.9 Å². The molecule has 1 aromatic rings. The number of carbonyl (C=O) groups is 2. The number of ether oxygens (including phenoxy) is 1. The number of rotatable bonds is 5. The normalized spacial score (nSPS) is 25.5. The zero-order valence-electron chi connectivity index (χ0n) is 16.4. The predicted molar refractivity (Wildman–Crippen MR) is 105 cm³/mol. The van der Waals surface area contributed by atoms with E-state index >= 15 is 0 Å². The van der Waals surface area contributed by atoms with E-state index in [9.17, 15) is 9.59 Å². The van der Waals surface area contributed by atoms with Crippen LogP contribution in [0.25, 0.3) is 0 Å². The Morgan fingerprint density at radius 1 is 1.22 bits per heavy atom. The Labute approximate surface area is 161 Å². The minimum Gasteiger partial charge on any atom is -0.377 e. The molecule has 0 radical (unpaired) electrons. The molecule has 2 heterocycles. The Bertz CT molecular complexity index is 651. The number of hydrogen-bond donors (Lipinski definition) is 1.